The molecule has 0 amide bonds. The minimum atomic E-state index is 0. The molecule has 1 aliphatic rings. The van der Waals surface area contributed by atoms with Crippen LogP contribution in [0.1, 0.15) is 67.7 Å². The number of allylic oxidation sites excluding steroid dienone is 2. The molecule has 108 valence electrons. The first-order valence-electron chi connectivity index (χ1n) is 7.14. The van der Waals surface area contributed by atoms with Crippen LogP contribution in [0.2, 0.25) is 0 Å². The standard InChI is InChI=1S/C13H23N.C3H8.CH4/c1-5-13(14-6-2)12-8-7-10(3)11(4)9-12;1-3-2;/h5-6,10-12,14H,2,7-9H2,1,3-4H3;3H2,1-2H3;1H4/b13-5-;;. The van der Waals surface area contributed by atoms with Crippen molar-refractivity contribution in [1.29, 1.82) is 0 Å². The van der Waals surface area contributed by atoms with Gasteiger partial charge in [-0.2, -0.15) is 0 Å². The fourth-order valence-electron chi connectivity index (χ4n) is 2.38. The van der Waals surface area contributed by atoms with Crippen molar-refractivity contribution < 1.29 is 0 Å². The Morgan fingerprint density at radius 2 is 1.78 bits per heavy atom. The number of nitrogens with one attached hydrogen (secondary N) is 1. The lowest BCUT2D eigenvalue weighted by atomic mass is 9.74. The summed E-state index contributed by atoms with van der Waals surface area (Å²) < 4.78 is 0. The number of rotatable bonds is 3. The highest BCUT2D eigenvalue weighted by Gasteiger charge is 2.26. The molecule has 18 heavy (non-hydrogen) atoms. The Morgan fingerprint density at radius 3 is 2.17 bits per heavy atom. The van der Waals surface area contributed by atoms with E-state index in [0.717, 1.165) is 17.8 Å². The van der Waals surface area contributed by atoms with Gasteiger partial charge in [0, 0.05) is 5.70 Å². The molecule has 1 saturated carbocycles. The summed E-state index contributed by atoms with van der Waals surface area (Å²) in [5.74, 6) is 2.48. The molecule has 0 aromatic rings. The second-order valence-electron chi connectivity index (χ2n) is 5.26. The second-order valence-corrected chi connectivity index (χ2v) is 5.26. The second kappa shape index (κ2) is 11.4. The summed E-state index contributed by atoms with van der Waals surface area (Å²) >= 11 is 0. The van der Waals surface area contributed by atoms with Crippen LogP contribution in [0.15, 0.2) is 24.6 Å². The lowest BCUT2D eigenvalue weighted by molar-refractivity contribution is 0.226. The van der Waals surface area contributed by atoms with E-state index >= 15 is 0 Å². The van der Waals surface area contributed by atoms with Gasteiger partial charge < -0.3 is 5.32 Å². The highest BCUT2D eigenvalue weighted by molar-refractivity contribution is 5.07. The molecule has 3 atom stereocenters. The van der Waals surface area contributed by atoms with Gasteiger partial charge in [0.15, 0.2) is 0 Å². The predicted molar refractivity (Wildman–Crippen MR) is 85.5 cm³/mol. The zero-order chi connectivity index (χ0) is 13.3. The molecule has 1 fully saturated rings. The average molecular weight is 253 g/mol. The van der Waals surface area contributed by atoms with Crippen LogP contribution in [0.4, 0.5) is 0 Å². The zero-order valence-electron chi connectivity index (χ0n) is 12.4. The Bertz CT molecular complexity index is 230. The Balaban J connectivity index is 0. The van der Waals surface area contributed by atoms with Crippen LogP contribution in [0.3, 0.4) is 0 Å². The summed E-state index contributed by atoms with van der Waals surface area (Å²) in [6, 6.07) is 0. The van der Waals surface area contributed by atoms with Gasteiger partial charge in [0.25, 0.3) is 0 Å². The molecule has 0 saturated heterocycles. The lowest BCUT2D eigenvalue weighted by Crippen LogP contribution is -2.25. The summed E-state index contributed by atoms with van der Waals surface area (Å²) in [5.41, 5.74) is 1.36. The average Bonchev–Trinajstić information content (AvgIpc) is 2.31. The van der Waals surface area contributed by atoms with E-state index < -0.39 is 0 Å². The molecule has 0 bridgehead atoms. The minimum absolute atomic E-state index is 0. The summed E-state index contributed by atoms with van der Waals surface area (Å²) in [6.45, 7) is 14.8. The Kier molecular flexibility index (Phi) is 12.4. The molecule has 3 unspecified atom stereocenters. The van der Waals surface area contributed by atoms with Gasteiger partial charge in [-0.25, -0.2) is 0 Å². The van der Waals surface area contributed by atoms with Crippen LogP contribution in [0.25, 0.3) is 0 Å². The monoisotopic (exact) mass is 253 g/mol. The minimum Gasteiger partial charge on any atom is -0.366 e. The molecule has 0 spiro atoms. The SMILES string of the molecule is C.C=CN/C(=C\C)C1CCC(C)C(C)C1.CCC. The van der Waals surface area contributed by atoms with Gasteiger partial charge in [-0.3, -0.25) is 0 Å². The van der Waals surface area contributed by atoms with E-state index in [4.69, 9.17) is 0 Å². The van der Waals surface area contributed by atoms with Gasteiger partial charge in [-0.15, -0.1) is 0 Å². The Hall–Kier alpha value is -0.720. The molecular formula is C17H35N. The molecule has 0 heterocycles. The highest BCUT2D eigenvalue weighted by atomic mass is 14.9. The van der Waals surface area contributed by atoms with Crippen LogP contribution in [-0.4, -0.2) is 0 Å². The van der Waals surface area contributed by atoms with Gasteiger partial charge in [0.1, 0.15) is 0 Å². The molecule has 0 aliphatic heterocycles. The first-order chi connectivity index (χ1) is 8.10. The van der Waals surface area contributed by atoms with Crippen molar-refractivity contribution in [2.45, 2.75) is 67.7 Å². The van der Waals surface area contributed by atoms with Gasteiger partial charge in [-0.1, -0.05) is 54.2 Å². The fourth-order valence-corrected chi connectivity index (χ4v) is 2.38. The third-order valence-corrected chi connectivity index (χ3v) is 3.62. The van der Waals surface area contributed by atoms with E-state index in [-0.39, 0.29) is 7.43 Å². The fraction of sp³-hybridized carbons (Fsp3) is 0.765. The van der Waals surface area contributed by atoms with Crippen LogP contribution in [0.5, 0.6) is 0 Å². The van der Waals surface area contributed by atoms with Crippen LogP contribution in [-0.2, 0) is 0 Å². The van der Waals surface area contributed by atoms with Crippen molar-refractivity contribution in [2.75, 3.05) is 0 Å². The number of hydrogen-bond donors (Lipinski definition) is 1. The maximum Gasteiger partial charge on any atom is 0.0134 e. The molecule has 1 heteroatoms. The maximum atomic E-state index is 3.73. The van der Waals surface area contributed by atoms with Crippen molar-refractivity contribution in [3.63, 3.8) is 0 Å². The van der Waals surface area contributed by atoms with Crippen LogP contribution in [0, 0.1) is 17.8 Å². The van der Waals surface area contributed by atoms with Crippen LogP contribution < -0.4 is 5.32 Å². The van der Waals surface area contributed by atoms with Gasteiger partial charge in [0.05, 0.1) is 0 Å². The largest absolute Gasteiger partial charge is 0.366 e. The highest BCUT2D eigenvalue weighted by Crippen LogP contribution is 2.36. The first kappa shape index (κ1) is 19.6. The quantitative estimate of drug-likeness (QED) is 0.675. The summed E-state index contributed by atoms with van der Waals surface area (Å²) in [5, 5.41) is 3.26. The van der Waals surface area contributed by atoms with E-state index in [2.05, 4.69) is 52.6 Å². The van der Waals surface area contributed by atoms with Crippen molar-refractivity contribution in [3.05, 3.63) is 24.6 Å². The molecule has 0 aromatic carbocycles. The van der Waals surface area contributed by atoms with Crippen molar-refractivity contribution in [2.24, 2.45) is 17.8 Å². The summed E-state index contributed by atoms with van der Waals surface area (Å²) in [4.78, 5) is 0. The van der Waals surface area contributed by atoms with Gasteiger partial charge >= 0.3 is 0 Å². The van der Waals surface area contributed by atoms with E-state index in [0.29, 0.717) is 0 Å². The maximum absolute atomic E-state index is 3.73. The Labute approximate surface area is 116 Å². The van der Waals surface area contributed by atoms with Crippen molar-refractivity contribution in [3.8, 4) is 0 Å². The van der Waals surface area contributed by atoms with E-state index in [9.17, 15) is 0 Å². The zero-order valence-corrected chi connectivity index (χ0v) is 12.4. The van der Waals surface area contributed by atoms with Crippen LogP contribution >= 0.6 is 0 Å². The topological polar surface area (TPSA) is 12.0 Å². The smallest absolute Gasteiger partial charge is 0.0134 e. The molecule has 1 aliphatic carbocycles. The summed E-state index contributed by atoms with van der Waals surface area (Å²) in [6.07, 6.45) is 9.24. The predicted octanol–water partition coefficient (Wildman–Crippen LogP) is 5.75. The number of hydrogen-bond acceptors (Lipinski definition) is 1. The van der Waals surface area contributed by atoms with Gasteiger partial charge in [0.2, 0.25) is 0 Å². The third kappa shape index (κ3) is 6.88. The molecule has 1 rings (SSSR count). The van der Waals surface area contributed by atoms with Gasteiger partial charge in [-0.05, 0) is 50.1 Å². The molecule has 0 radical (unpaired) electrons. The van der Waals surface area contributed by atoms with E-state index in [1.165, 1.54) is 31.4 Å². The molecule has 1 N–H and O–H groups in total. The molecule has 0 aromatic heterocycles. The molecule has 1 nitrogen and oxygen atoms in total. The van der Waals surface area contributed by atoms with Crippen molar-refractivity contribution in [1.82, 2.24) is 5.32 Å². The normalized spacial score (nSPS) is 27.4. The lowest BCUT2D eigenvalue weighted by Gasteiger charge is -2.33. The Morgan fingerprint density at radius 1 is 1.22 bits per heavy atom. The van der Waals surface area contributed by atoms with Crippen molar-refractivity contribution >= 4 is 0 Å². The van der Waals surface area contributed by atoms with E-state index in [1.54, 1.807) is 6.20 Å². The third-order valence-electron chi connectivity index (χ3n) is 3.62. The first-order valence-corrected chi connectivity index (χ1v) is 7.14. The summed E-state index contributed by atoms with van der Waals surface area (Å²) in [7, 11) is 0. The molecular weight excluding hydrogens is 218 g/mol. The van der Waals surface area contributed by atoms with E-state index in [1.807, 2.05) is 0 Å².